The zero-order valence-corrected chi connectivity index (χ0v) is 37.8. The normalized spacial score (nSPS) is 12.7. The summed E-state index contributed by atoms with van der Waals surface area (Å²) in [4.78, 5) is 37.8. The van der Waals surface area contributed by atoms with Gasteiger partial charge in [0.05, 0.1) is 0 Å². The number of unbranched alkanes of at least 4 members (excludes halogenated alkanes) is 19. The maximum absolute atomic E-state index is 12.7. The molecular weight excluding hydrogens is 721 g/mol. The molecule has 0 aromatic carbocycles. The average molecular weight is 809 g/mol. The molecular formula is C52H88O6. The summed E-state index contributed by atoms with van der Waals surface area (Å²) in [5, 5.41) is 0. The van der Waals surface area contributed by atoms with Crippen LogP contribution in [-0.4, -0.2) is 37.2 Å². The fourth-order valence-electron chi connectivity index (χ4n) is 6.34. The maximum atomic E-state index is 12.7. The fraction of sp³-hybridized carbons (Fsp3) is 0.712. The SMILES string of the molecule is CC/C=C\C/C=C\C/C=C\C/C=C\C/C=C\CCCC(=O)OC[C@H](COC(=O)CCCCCCC/C=C\CCCC)OC(=O)CCCCCCCCCCCCCC. The Morgan fingerprint density at radius 3 is 1.19 bits per heavy atom. The Morgan fingerprint density at radius 2 is 0.707 bits per heavy atom. The Kier molecular flexibility index (Phi) is 44.0. The van der Waals surface area contributed by atoms with Crippen LogP contribution in [0.3, 0.4) is 0 Å². The molecule has 58 heavy (non-hydrogen) atoms. The predicted molar refractivity (Wildman–Crippen MR) is 247 cm³/mol. The van der Waals surface area contributed by atoms with Gasteiger partial charge in [-0.1, -0.05) is 196 Å². The summed E-state index contributed by atoms with van der Waals surface area (Å²) in [6, 6.07) is 0. The van der Waals surface area contributed by atoms with Gasteiger partial charge in [-0.2, -0.15) is 0 Å². The first kappa shape index (κ1) is 54.9. The number of esters is 3. The molecule has 0 unspecified atom stereocenters. The second-order valence-electron chi connectivity index (χ2n) is 15.6. The lowest BCUT2D eigenvalue weighted by molar-refractivity contribution is -0.167. The number of carbonyl (C=O) groups excluding carboxylic acids is 3. The Hall–Kier alpha value is -3.15. The molecule has 0 saturated heterocycles. The van der Waals surface area contributed by atoms with Crippen molar-refractivity contribution in [3.05, 3.63) is 72.9 Å². The van der Waals surface area contributed by atoms with Crippen molar-refractivity contribution in [1.29, 1.82) is 0 Å². The number of ether oxygens (including phenoxy) is 3. The third-order valence-corrected chi connectivity index (χ3v) is 9.95. The molecule has 0 aromatic rings. The van der Waals surface area contributed by atoms with Crippen LogP contribution in [0.4, 0.5) is 0 Å². The highest BCUT2D eigenvalue weighted by Gasteiger charge is 2.19. The molecule has 0 N–H and O–H groups in total. The molecule has 6 heteroatoms. The predicted octanol–water partition coefficient (Wildman–Crippen LogP) is 15.5. The summed E-state index contributed by atoms with van der Waals surface area (Å²) < 4.78 is 16.7. The molecule has 332 valence electrons. The molecule has 0 aliphatic rings. The molecule has 0 amide bonds. The molecule has 6 nitrogen and oxygen atoms in total. The van der Waals surface area contributed by atoms with Gasteiger partial charge in [-0.15, -0.1) is 0 Å². The first-order valence-electron chi connectivity index (χ1n) is 23.9. The van der Waals surface area contributed by atoms with Crippen LogP contribution in [0, 0.1) is 0 Å². The number of rotatable bonds is 42. The van der Waals surface area contributed by atoms with E-state index in [2.05, 4.69) is 93.7 Å². The van der Waals surface area contributed by atoms with E-state index in [1.807, 2.05) is 0 Å². The summed E-state index contributed by atoms with van der Waals surface area (Å²) in [5.41, 5.74) is 0. The van der Waals surface area contributed by atoms with Gasteiger partial charge in [-0.25, -0.2) is 0 Å². The van der Waals surface area contributed by atoms with Crippen LogP contribution in [0.2, 0.25) is 0 Å². The van der Waals surface area contributed by atoms with Crippen LogP contribution in [0.5, 0.6) is 0 Å². The van der Waals surface area contributed by atoms with Crippen LogP contribution in [0.1, 0.15) is 220 Å². The highest BCUT2D eigenvalue weighted by atomic mass is 16.6. The summed E-state index contributed by atoms with van der Waals surface area (Å²) in [7, 11) is 0. The molecule has 0 rings (SSSR count). The number of carbonyl (C=O) groups is 3. The highest BCUT2D eigenvalue weighted by molar-refractivity contribution is 5.71. The van der Waals surface area contributed by atoms with Gasteiger partial charge in [0.15, 0.2) is 6.10 Å². The van der Waals surface area contributed by atoms with Crippen molar-refractivity contribution < 1.29 is 28.6 Å². The minimum absolute atomic E-state index is 0.0965. The van der Waals surface area contributed by atoms with Crippen LogP contribution in [0.15, 0.2) is 72.9 Å². The number of hydrogen-bond donors (Lipinski definition) is 0. The third-order valence-electron chi connectivity index (χ3n) is 9.95. The van der Waals surface area contributed by atoms with Gasteiger partial charge in [0.25, 0.3) is 0 Å². The van der Waals surface area contributed by atoms with Crippen LogP contribution >= 0.6 is 0 Å². The second-order valence-corrected chi connectivity index (χ2v) is 15.6. The lowest BCUT2D eigenvalue weighted by atomic mass is 10.0. The molecule has 0 bridgehead atoms. The van der Waals surface area contributed by atoms with Crippen molar-refractivity contribution in [3.8, 4) is 0 Å². The average Bonchev–Trinajstić information content (AvgIpc) is 3.22. The van der Waals surface area contributed by atoms with E-state index in [0.29, 0.717) is 19.3 Å². The van der Waals surface area contributed by atoms with Gasteiger partial charge in [-0.05, 0) is 77.0 Å². The molecule has 0 spiro atoms. The van der Waals surface area contributed by atoms with Gasteiger partial charge < -0.3 is 14.2 Å². The van der Waals surface area contributed by atoms with E-state index in [-0.39, 0.29) is 37.5 Å². The zero-order chi connectivity index (χ0) is 42.3. The molecule has 1 atom stereocenters. The first-order valence-corrected chi connectivity index (χ1v) is 23.9. The van der Waals surface area contributed by atoms with Crippen molar-refractivity contribution >= 4 is 17.9 Å². The van der Waals surface area contributed by atoms with E-state index in [0.717, 1.165) is 89.9 Å². The van der Waals surface area contributed by atoms with E-state index in [1.54, 1.807) is 0 Å². The summed E-state index contributed by atoms with van der Waals surface area (Å²) >= 11 is 0. The second kappa shape index (κ2) is 46.5. The monoisotopic (exact) mass is 809 g/mol. The third kappa shape index (κ3) is 44.0. The van der Waals surface area contributed by atoms with Crippen molar-refractivity contribution in [1.82, 2.24) is 0 Å². The van der Waals surface area contributed by atoms with E-state index in [9.17, 15) is 14.4 Å². The Balaban J connectivity index is 4.47. The smallest absolute Gasteiger partial charge is 0.306 e. The Labute approximate surface area is 357 Å². The standard InChI is InChI=1S/C52H88O6/c1-4-7-10-13-16-19-22-24-25-26-27-28-31-33-36-39-42-45-51(54)57-48-49(47-56-50(53)44-41-38-35-32-29-21-18-15-12-9-6-3)58-52(55)46-43-40-37-34-30-23-20-17-14-11-8-5-2/h7,10,15-16,18-19,24-25,27-28,33,36,49H,4-6,8-9,11-14,17,20-23,26,29-32,34-35,37-48H2,1-3H3/b10-7-,18-15-,19-16-,25-24-,28-27-,36-33-/t49-/m0/s1. The molecule has 0 saturated carbocycles. The molecule has 0 aliphatic carbocycles. The quantitative estimate of drug-likeness (QED) is 0.0264. The van der Waals surface area contributed by atoms with Crippen molar-refractivity contribution in [2.24, 2.45) is 0 Å². The molecule has 0 fully saturated rings. The Morgan fingerprint density at radius 1 is 0.362 bits per heavy atom. The van der Waals surface area contributed by atoms with Gasteiger partial charge in [0, 0.05) is 19.3 Å². The summed E-state index contributed by atoms with van der Waals surface area (Å²) in [6.07, 6.45) is 57.4. The lowest BCUT2D eigenvalue weighted by Gasteiger charge is -2.18. The molecule has 0 aliphatic heterocycles. The molecule has 0 aromatic heterocycles. The Bertz CT molecular complexity index is 1110. The molecule has 0 heterocycles. The fourth-order valence-corrected chi connectivity index (χ4v) is 6.34. The van der Waals surface area contributed by atoms with Gasteiger partial charge in [0.2, 0.25) is 0 Å². The first-order chi connectivity index (χ1) is 28.5. The minimum Gasteiger partial charge on any atom is -0.462 e. The van der Waals surface area contributed by atoms with Gasteiger partial charge in [0.1, 0.15) is 13.2 Å². The van der Waals surface area contributed by atoms with Crippen LogP contribution < -0.4 is 0 Å². The largest absolute Gasteiger partial charge is 0.462 e. The van der Waals surface area contributed by atoms with E-state index >= 15 is 0 Å². The lowest BCUT2D eigenvalue weighted by Crippen LogP contribution is -2.30. The summed E-state index contributed by atoms with van der Waals surface area (Å²) in [5.74, 6) is -0.968. The van der Waals surface area contributed by atoms with Crippen molar-refractivity contribution in [2.45, 2.75) is 226 Å². The topological polar surface area (TPSA) is 78.9 Å². The highest BCUT2D eigenvalue weighted by Crippen LogP contribution is 2.14. The zero-order valence-electron chi connectivity index (χ0n) is 37.8. The van der Waals surface area contributed by atoms with Gasteiger partial charge in [-0.3, -0.25) is 14.4 Å². The minimum atomic E-state index is -0.797. The van der Waals surface area contributed by atoms with E-state index in [1.165, 1.54) is 83.5 Å². The van der Waals surface area contributed by atoms with Crippen LogP contribution in [0.25, 0.3) is 0 Å². The molecule has 0 radical (unpaired) electrons. The van der Waals surface area contributed by atoms with Gasteiger partial charge >= 0.3 is 17.9 Å². The number of hydrogen-bond acceptors (Lipinski definition) is 6. The van der Waals surface area contributed by atoms with E-state index in [4.69, 9.17) is 14.2 Å². The number of allylic oxidation sites excluding steroid dienone is 12. The van der Waals surface area contributed by atoms with E-state index < -0.39 is 6.10 Å². The maximum Gasteiger partial charge on any atom is 0.306 e. The summed E-state index contributed by atoms with van der Waals surface area (Å²) in [6.45, 7) is 6.41. The van der Waals surface area contributed by atoms with Crippen molar-refractivity contribution in [3.63, 3.8) is 0 Å². The van der Waals surface area contributed by atoms with Crippen LogP contribution in [-0.2, 0) is 28.6 Å². The van der Waals surface area contributed by atoms with Crippen molar-refractivity contribution in [2.75, 3.05) is 13.2 Å².